The van der Waals surface area contributed by atoms with Crippen molar-refractivity contribution in [2.24, 2.45) is 0 Å². The highest BCUT2D eigenvalue weighted by molar-refractivity contribution is 5.80. The minimum absolute atomic E-state index is 0. The Bertz CT molecular complexity index is 844. The van der Waals surface area contributed by atoms with Crippen LogP contribution in [0.15, 0.2) is 11.1 Å². The minimum Gasteiger partial charge on any atom is -0.391 e. The number of aliphatic hydroxyl groups is 1. The molecule has 0 aromatic carbocycles. The molecule has 2 rings (SSSR count). The van der Waals surface area contributed by atoms with Crippen molar-refractivity contribution >= 4 is 28.9 Å². The summed E-state index contributed by atoms with van der Waals surface area (Å²) in [4.78, 5) is 47.2. The molecule has 0 aliphatic heterocycles. The highest BCUT2D eigenvalue weighted by Crippen LogP contribution is 2.05. The van der Waals surface area contributed by atoms with Crippen LogP contribution in [-0.2, 0) is 16.1 Å². The van der Waals surface area contributed by atoms with Crippen LogP contribution in [0.1, 0.15) is 13.8 Å². The van der Waals surface area contributed by atoms with Gasteiger partial charge in [-0.25, -0.2) is 4.98 Å². The van der Waals surface area contributed by atoms with E-state index in [1.165, 1.54) is 10.9 Å². The maximum absolute atomic E-state index is 12.0. The summed E-state index contributed by atoms with van der Waals surface area (Å²) in [5.41, 5.74) is 5.27. The lowest BCUT2D eigenvalue weighted by molar-refractivity contribution is -0.124. The van der Waals surface area contributed by atoms with Crippen molar-refractivity contribution in [1.82, 2.24) is 35.1 Å². The van der Waals surface area contributed by atoms with Crippen molar-refractivity contribution in [2.45, 2.75) is 26.5 Å². The number of hydrogen-bond donors (Lipinski definition) is 5. The van der Waals surface area contributed by atoms with Gasteiger partial charge >= 0.3 is 0 Å². The maximum atomic E-state index is 12.0. The fraction of sp³-hybridized carbons (Fsp3) is 0.533. The Morgan fingerprint density at radius 2 is 2.04 bits per heavy atom. The summed E-state index contributed by atoms with van der Waals surface area (Å²) in [5, 5.41) is 14.7. The first-order valence-electron chi connectivity index (χ1n) is 7.83. The Kier molecular flexibility index (Phi) is 7.87. The zero-order valence-electron chi connectivity index (χ0n) is 14.5. The van der Waals surface area contributed by atoms with Crippen LogP contribution in [0.25, 0.3) is 11.2 Å². The fourth-order valence-electron chi connectivity index (χ4n) is 2.31. The van der Waals surface area contributed by atoms with Crippen LogP contribution in [0.3, 0.4) is 0 Å². The van der Waals surface area contributed by atoms with E-state index in [9.17, 15) is 19.5 Å². The summed E-state index contributed by atoms with van der Waals surface area (Å²) in [7, 11) is 3.58. The quantitative estimate of drug-likeness (QED) is 0.321. The number of nitrogens with two attached hydrogens (primary N) is 1. The largest absolute Gasteiger partial charge is 0.391 e. The van der Waals surface area contributed by atoms with Gasteiger partial charge in [0.1, 0.15) is 6.54 Å². The number of hydrogen-bond acceptors (Lipinski definition) is 8. The SMILES string of the molecule is C.CN(C)CC(O)CC(=O)NCNC(=O)Cn1cnc2c(=O)[nH]c(N)nc21. The predicted octanol–water partition coefficient (Wildman–Crippen LogP) is -2.16. The Hall–Kier alpha value is -2.99. The molecule has 0 spiro atoms. The summed E-state index contributed by atoms with van der Waals surface area (Å²) < 4.78 is 1.37. The zero-order chi connectivity index (χ0) is 19.3. The van der Waals surface area contributed by atoms with Gasteiger partial charge in [0.15, 0.2) is 11.2 Å². The number of nitrogens with zero attached hydrogens (tertiary/aromatic N) is 4. The summed E-state index contributed by atoms with van der Waals surface area (Å²) >= 11 is 0. The first-order valence-corrected chi connectivity index (χ1v) is 7.83. The third-order valence-corrected chi connectivity index (χ3v) is 3.38. The number of nitrogens with one attached hydrogen (secondary N) is 3. The molecule has 0 fully saturated rings. The fourth-order valence-corrected chi connectivity index (χ4v) is 2.31. The molecular weight excluding hydrogens is 356 g/mol. The van der Waals surface area contributed by atoms with Crippen LogP contribution < -0.4 is 21.9 Å². The number of aliphatic hydroxyl groups excluding tert-OH is 1. The number of rotatable bonds is 8. The molecule has 0 bridgehead atoms. The molecule has 0 saturated heterocycles. The molecule has 12 nitrogen and oxygen atoms in total. The average molecular weight is 382 g/mol. The molecule has 0 aliphatic rings. The number of amides is 2. The van der Waals surface area contributed by atoms with Crippen molar-refractivity contribution in [1.29, 1.82) is 0 Å². The number of carbonyl (C=O) groups excluding carboxylic acids is 2. The van der Waals surface area contributed by atoms with E-state index in [1.54, 1.807) is 19.0 Å². The molecule has 0 aliphatic carbocycles. The van der Waals surface area contributed by atoms with E-state index in [0.29, 0.717) is 6.54 Å². The molecule has 2 amide bonds. The number of likely N-dealkylation sites (N-methyl/N-ethyl adjacent to an activating group) is 1. The Labute approximate surface area is 155 Å². The monoisotopic (exact) mass is 382 g/mol. The number of nitrogen functional groups attached to an aromatic ring is 1. The van der Waals surface area contributed by atoms with Gasteiger partial charge in [-0.1, -0.05) is 7.43 Å². The Balaban J connectivity index is 0.00000364. The highest BCUT2D eigenvalue weighted by Gasteiger charge is 2.13. The smallest absolute Gasteiger partial charge is 0.280 e. The molecule has 27 heavy (non-hydrogen) atoms. The zero-order valence-corrected chi connectivity index (χ0v) is 14.5. The van der Waals surface area contributed by atoms with Crippen molar-refractivity contribution in [3.63, 3.8) is 0 Å². The molecule has 2 aromatic rings. The summed E-state index contributed by atoms with van der Waals surface area (Å²) in [6.45, 7) is 0.128. The minimum atomic E-state index is -0.785. The van der Waals surface area contributed by atoms with Gasteiger partial charge in [-0.05, 0) is 14.1 Å². The van der Waals surface area contributed by atoms with Gasteiger partial charge in [0.25, 0.3) is 5.56 Å². The average Bonchev–Trinajstić information content (AvgIpc) is 2.89. The third-order valence-electron chi connectivity index (χ3n) is 3.38. The lowest BCUT2D eigenvalue weighted by atomic mass is 10.2. The first-order chi connectivity index (χ1) is 12.3. The standard InChI is InChI=1S/C14H22N8O4.CH4/c1-21(2)4-8(23)3-9(24)16-6-17-10(25)5-22-7-18-11-12(22)19-14(15)20-13(11)26;/h7-8,23H,3-6H2,1-2H3,(H,16,24)(H,17,25)(H3,15,19,20,26);1H4. The molecule has 6 N–H and O–H groups in total. The van der Waals surface area contributed by atoms with Gasteiger partial charge in [-0.2, -0.15) is 4.98 Å². The van der Waals surface area contributed by atoms with E-state index < -0.39 is 17.6 Å². The van der Waals surface area contributed by atoms with Crippen LogP contribution in [0.4, 0.5) is 5.95 Å². The number of fused-ring (bicyclic) bond motifs is 1. The highest BCUT2D eigenvalue weighted by atomic mass is 16.3. The lowest BCUT2D eigenvalue weighted by Gasteiger charge is -2.15. The second-order valence-electron chi connectivity index (χ2n) is 5.99. The van der Waals surface area contributed by atoms with E-state index in [0.717, 1.165) is 0 Å². The number of H-pyrrole nitrogens is 1. The van der Waals surface area contributed by atoms with Gasteiger partial charge in [-0.15, -0.1) is 0 Å². The van der Waals surface area contributed by atoms with Gasteiger partial charge in [0.05, 0.1) is 25.5 Å². The van der Waals surface area contributed by atoms with Crippen LogP contribution in [-0.4, -0.2) is 74.8 Å². The molecule has 12 heteroatoms. The van der Waals surface area contributed by atoms with Gasteiger partial charge in [0.2, 0.25) is 17.8 Å². The van der Waals surface area contributed by atoms with E-state index >= 15 is 0 Å². The van der Waals surface area contributed by atoms with Crippen molar-refractivity contribution in [2.75, 3.05) is 33.0 Å². The summed E-state index contributed by atoms with van der Waals surface area (Å²) in [6, 6.07) is 0. The van der Waals surface area contributed by atoms with Crippen molar-refractivity contribution in [3.05, 3.63) is 16.7 Å². The molecule has 2 aromatic heterocycles. The molecule has 150 valence electrons. The molecular formula is C15H26N8O4. The van der Waals surface area contributed by atoms with E-state index in [-0.39, 0.29) is 50.1 Å². The maximum Gasteiger partial charge on any atom is 0.280 e. The van der Waals surface area contributed by atoms with Crippen molar-refractivity contribution in [3.8, 4) is 0 Å². The van der Waals surface area contributed by atoms with Gasteiger partial charge in [-0.3, -0.25) is 19.4 Å². The van der Waals surface area contributed by atoms with Crippen LogP contribution in [0, 0.1) is 0 Å². The normalized spacial score (nSPS) is 11.9. The Morgan fingerprint density at radius 3 is 2.70 bits per heavy atom. The van der Waals surface area contributed by atoms with Crippen LogP contribution in [0.2, 0.25) is 0 Å². The summed E-state index contributed by atoms with van der Waals surface area (Å²) in [6.07, 6.45) is 0.460. The van der Waals surface area contributed by atoms with Gasteiger partial charge < -0.3 is 30.9 Å². The van der Waals surface area contributed by atoms with E-state index in [1.807, 2.05) is 0 Å². The number of carbonyl (C=O) groups is 2. The number of aromatic nitrogens is 4. The predicted molar refractivity (Wildman–Crippen MR) is 99.6 cm³/mol. The molecule has 1 unspecified atom stereocenters. The number of aromatic amines is 1. The molecule has 1 atom stereocenters. The second kappa shape index (κ2) is 9.64. The van der Waals surface area contributed by atoms with Gasteiger partial charge in [0, 0.05) is 6.54 Å². The number of imidazole rings is 1. The van der Waals surface area contributed by atoms with E-state index in [4.69, 9.17) is 5.73 Å². The third kappa shape index (κ3) is 6.34. The molecule has 0 radical (unpaired) electrons. The lowest BCUT2D eigenvalue weighted by Crippen LogP contribution is -2.40. The van der Waals surface area contributed by atoms with E-state index in [2.05, 4.69) is 25.6 Å². The molecule has 0 saturated carbocycles. The molecule has 2 heterocycles. The topological polar surface area (TPSA) is 171 Å². The van der Waals surface area contributed by atoms with Crippen LogP contribution in [0.5, 0.6) is 0 Å². The second-order valence-corrected chi connectivity index (χ2v) is 5.99. The number of anilines is 1. The van der Waals surface area contributed by atoms with Crippen LogP contribution >= 0.6 is 0 Å². The summed E-state index contributed by atoms with van der Waals surface area (Å²) in [5.74, 6) is -0.874. The Morgan fingerprint density at radius 1 is 1.37 bits per heavy atom. The van der Waals surface area contributed by atoms with Crippen molar-refractivity contribution < 1.29 is 14.7 Å². The first kappa shape index (κ1) is 22.1.